The second kappa shape index (κ2) is 7.93. The molecule has 0 bridgehead atoms. The fourth-order valence-electron chi connectivity index (χ4n) is 1.85. The second-order valence-electron chi connectivity index (χ2n) is 4.79. The van der Waals surface area contributed by atoms with Crippen molar-refractivity contribution in [3.05, 3.63) is 59.9 Å². The number of Topliss-reactive ketones (excluding diaryl/α,β-unsaturated/α-hetero) is 1. The minimum absolute atomic E-state index is 0.0358. The highest BCUT2D eigenvalue weighted by atomic mass is 19.1. The molecule has 6 heteroatoms. The zero-order valence-electron chi connectivity index (χ0n) is 12.6. The molecule has 0 aromatic heterocycles. The maximum atomic E-state index is 13.3. The van der Waals surface area contributed by atoms with Gasteiger partial charge >= 0.3 is 6.03 Å². The van der Waals surface area contributed by atoms with Crippen LogP contribution in [0.2, 0.25) is 0 Å². The molecule has 0 unspecified atom stereocenters. The average Bonchev–Trinajstić information content (AvgIpc) is 2.53. The van der Waals surface area contributed by atoms with Gasteiger partial charge in [0.25, 0.3) is 0 Å². The Bertz CT molecular complexity index is 686. The molecule has 2 amide bonds. The van der Waals surface area contributed by atoms with Gasteiger partial charge in [0.1, 0.15) is 6.61 Å². The van der Waals surface area contributed by atoms with Crippen LogP contribution in [-0.4, -0.2) is 25.0 Å². The van der Waals surface area contributed by atoms with Crippen molar-refractivity contribution in [2.45, 2.75) is 6.92 Å². The largest absolute Gasteiger partial charge is 0.489 e. The van der Waals surface area contributed by atoms with E-state index < -0.39 is 11.8 Å². The van der Waals surface area contributed by atoms with Gasteiger partial charge in [-0.05, 0) is 43.3 Å². The molecule has 0 saturated carbocycles. The number of amides is 2. The van der Waals surface area contributed by atoms with E-state index in [1.54, 1.807) is 36.4 Å². The Morgan fingerprint density at radius 1 is 1.09 bits per heavy atom. The minimum atomic E-state index is -0.442. The molecule has 0 saturated heterocycles. The number of anilines is 1. The summed E-state index contributed by atoms with van der Waals surface area (Å²) in [5.41, 5.74) is 1.15. The van der Waals surface area contributed by atoms with Gasteiger partial charge in [-0.1, -0.05) is 12.1 Å². The van der Waals surface area contributed by atoms with Crippen molar-refractivity contribution < 1.29 is 18.7 Å². The number of halogens is 1. The molecular weight excluding hydrogens is 299 g/mol. The summed E-state index contributed by atoms with van der Waals surface area (Å²) in [5.74, 6) is -0.330. The number of hydrogen-bond donors (Lipinski definition) is 2. The molecule has 0 aliphatic carbocycles. The number of rotatable bonds is 6. The predicted octanol–water partition coefficient (Wildman–Crippen LogP) is 3.23. The normalized spacial score (nSPS) is 10.0. The first kappa shape index (κ1) is 16.5. The van der Waals surface area contributed by atoms with Crippen LogP contribution in [0.1, 0.15) is 17.3 Å². The van der Waals surface area contributed by atoms with E-state index in [1.165, 1.54) is 19.1 Å². The number of urea groups is 1. The van der Waals surface area contributed by atoms with Crippen LogP contribution in [-0.2, 0) is 0 Å². The molecule has 2 rings (SSSR count). The average molecular weight is 316 g/mol. The number of para-hydroxylation sites is 1. The van der Waals surface area contributed by atoms with Crippen LogP contribution >= 0.6 is 0 Å². The van der Waals surface area contributed by atoms with Gasteiger partial charge in [-0.15, -0.1) is 0 Å². The summed E-state index contributed by atoms with van der Waals surface area (Å²) in [7, 11) is 0. The third kappa shape index (κ3) is 5.10. The van der Waals surface area contributed by atoms with Gasteiger partial charge in [-0.25, -0.2) is 9.18 Å². The lowest BCUT2D eigenvalue weighted by atomic mass is 10.1. The number of ketones is 1. The molecule has 0 radical (unpaired) electrons. The van der Waals surface area contributed by atoms with E-state index in [-0.39, 0.29) is 24.7 Å². The van der Waals surface area contributed by atoms with E-state index in [1.807, 2.05) is 0 Å². The summed E-state index contributed by atoms with van der Waals surface area (Å²) in [6.45, 7) is 1.86. The van der Waals surface area contributed by atoms with Gasteiger partial charge in [0.2, 0.25) is 0 Å². The standard InChI is InChI=1S/C17H17FN2O3/c1-12(21)13-6-8-14(9-7-13)20-17(22)19-10-11-23-16-5-3-2-4-15(16)18/h2-9H,10-11H2,1H3,(H2,19,20,22). The molecule has 0 aliphatic rings. The molecule has 23 heavy (non-hydrogen) atoms. The molecule has 0 heterocycles. The summed E-state index contributed by atoms with van der Waals surface area (Å²) in [4.78, 5) is 22.8. The van der Waals surface area contributed by atoms with Gasteiger partial charge in [0.05, 0.1) is 6.54 Å². The lowest BCUT2D eigenvalue weighted by molar-refractivity contribution is 0.101. The zero-order chi connectivity index (χ0) is 16.7. The smallest absolute Gasteiger partial charge is 0.319 e. The van der Waals surface area contributed by atoms with E-state index in [9.17, 15) is 14.0 Å². The van der Waals surface area contributed by atoms with Gasteiger partial charge < -0.3 is 15.4 Å². The van der Waals surface area contributed by atoms with Gasteiger partial charge in [0, 0.05) is 11.3 Å². The Balaban J connectivity index is 1.73. The first-order valence-corrected chi connectivity index (χ1v) is 7.09. The van der Waals surface area contributed by atoms with Gasteiger partial charge in [0.15, 0.2) is 17.3 Å². The number of carbonyl (C=O) groups excluding carboxylic acids is 2. The van der Waals surface area contributed by atoms with Crippen molar-refractivity contribution in [2.75, 3.05) is 18.5 Å². The van der Waals surface area contributed by atoms with E-state index in [2.05, 4.69) is 10.6 Å². The molecular formula is C17H17FN2O3. The third-order valence-corrected chi connectivity index (χ3v) is 3.03. The van der Waals surface area contributed by atoms with Crippen LogP contribution in [0.5, 0.6) is 5.75 Å². The van der Waals surface area contributed by atoms with Crippen molar-refractivity contribution in [1.29, 1.82) is 0 Å². The Morgan fingerprint density at radius 2 is 1.78 bits per heavy atom. The molecule has 0 fully saturated rings. The number of benzene rings is 2. The summed E-state index contributed by atoms with van der Waals surface area (Å²) in [5, 5.41) is 5.22. The van der Waals surface area contributed by atoms with Crippen molar-refractivity contribution in [2.24, 2.45) is 0 Å². The predicted molar refractivity (Wildman–Crippen MR) is 85.4 cm³/mol. The number of carbonyl (C=O) groups is 2. The van der Waals surface area contributed by atoms with E-state index in [4.69, 9.17) is 4.74 Å². The first-order valence-electron chi connectivity index (χ1n) is 7.09. The maximum Gasteiger partial charge on any atom is 0.319 e. The van der Waals surface area contributed by atoms with E-state index >= 15 is 0 Å². The Hall–Kier alpha value is -2.89. The summed E-state index contributed by atoms with van der Waals surface area (Å²) in [6, 6.07) is 12.2. The SMILES string of the molecule is CC(=O)c1ccc(NC(=O)NCCOc2ccccc2F)cc1. The van der Waals surface area contributed by atoms with Crippen molar-refractivity contribution in [1.82, 2.24) is 5.32 Å². The zero-order valence-corrected chi connectivity index (χ0v) is 12.6. The van der Waals surface area contributed by atoms with Crippen LogP contribution < -0.4 is 15.4 Å². The lowest BCUT2D eigenvalue weighted by Crippen LogP contribution is -2.32. The molecule has 0 spiro atoms. The molecule has 120 valence electrons. The fraction of sp³-hybridized carbons (Fsp3) is 0.176. The summed E-state index contributed by atoms with van der Waals surface area (Å²) < 4.78 is 18.5. The lowest BCUT2D eigenvalue weighted by Gasteiger charge is -2.09. The van der Waals surface area contributed by atoms with Gasteiger partial charge in [-0.3, -0.25) is 4.79 Å². The van der Waals surface area contributed by atoms with Gasteiger partial charge in [-0.2, -0.15) is 0 Å². The highest BCUT2D eigenvalue weighted by molar-refractivity contribution is 5.95. The molecule has 0 atom stereocenters. The topological polar surface area (TPSA) is 67.4 Å². The Labute approximate surface area is 133 Å². The van der Waals surface area contributed by atoms with E-state index in [0.717, 1.165) is 0 Å². The van der Waals surface area contributed by atoms with Crippen molar-refractivity contribution in [3.8, 4) is 5.75 Å². The summed E-state index contributed by atoms with van der Waals surface area (Å²) in [6.07, 6.45) is 0. The second-order valence-corrected chi connectivity index (χ2v) is 4.79. The highest BCUT2D eigenvalue weighted by Gasteiger charge is 2.04. The number of nitrogens with one attached hydrogen (secondary N) is 2. The highest BCUT2D eigenvalue weighted by Crippen LogP contribution is 2.14. The quantitative estimate of drug-likeness (QED) is 0.635. The molecule has 2 aromatic carbocycles. The molecule has 5 nitrogen and oxygen atoms in total. The summed E-state index contributed by atoms with van der Waals surface area (Å²) >= 11 is 0. The van der Waals surface area contributed by atoms with Crippen LogP contribution in [0.15, 0.2) is 48.5 Å². The number of ether oxygens (including phenoxy) is 1. The first-order chi connectivity index (χ1) is 11.1. The van der Waals surface area contributed by atoms with Crippen LogP contribution in [0.25, 0.3) is 0 Å². The van der Waals surface area contributed by atoms with Crippen LogP contribution in [0.3, 0.4) is 0 Å². The van der Waals surface area contributed by atoms with Crippen LogP contribution in [0.4, 0.5) is 14.9 Å². The molecule has 0 aliphatic heterocycles. The fourth-order valence-corrected chi connectivity index (χ4v) is 1.85. The number of hydrogen-bond acceptors (Lipinski definition) is 3. The third-order valence-electron chi connectivity index (χ3n) is 3.03. The minimum Gasteiger partial charge on any atom is -0.489 e. The van der Waals surface area contributed by atoms with Crippen molar-refractivity contribution >= 4 is 17.5 Å². The van der Waals surface area contributed by atoms with Crippen LogP contribution in [0, 0.1) is 5.82 Å². The van der Waals surface area contributed by atoms with E-state index in [0.29, 0.717) is 11.3 Å². The monoisotopic (exact) mass is 316 g/mol. The molecule has 2 N–H and O–H groups in total. The van der Waals surface area contributed by atoms with Crippen molar-refractivity contribution in [3.63, 3.8) is 0 Å². The Kier molecular flexibility index (Phi) is 5.68. The Morgan fingerprint density at radius 3 is 2.43 bits per heavy atom. The molecule has 2 aromatic rings. The maximum absolute atomic E-state index is 13.3.